The monoisotopic (exact) mass is 604 g/mol. The molecule has 0 aliphatic heterocycles. The molecule has 0 spiro atoms. The fraction of sp³-hybridized carbons (Fsp3) is 0.730. The summed E-state index contributed by atoms with van der Waals surface area (Å²) in [6.07, 6.45) is 33.6. The van der Waals surface area contributed by atoms with Gasteiger partial charge in [-0.25, -0.2) is 0 Å². The van der Waals surface area contributed by atoms with E-state index in [1.54, 1.807) is 0 Å². The quantitative estimate of drug-likeness (QED) is 0.0383. The molecule has 248 valence electrons. The number of carbonyl (C=O) groups is 2. The molecule has 0 heterocycles. The number of ether oxygens (including phenoxy) is 2. The highest BCUT2D eigenvalue weighted by atomic mass is 16.6. The predicted molar refractivity (Wildman–Crippen MR) is 179 cm³/mol. The minimum Gasteiger partial charge on any atom is -0.462 e. The number of rotatable bonds is 29. The number of allylic oxidation sites excluding steroid dienone is 7. The summed E-state index contributed by atoms with van der Waals surface area (Å²) < 4.78 is 10.5. The highest BCUT2D eigenvalue weighted by Crippen LogP contribution is 2.13. The molecule has 0 aromatic carbocycles. The molecule has 0 unspecified atom stereocenters. The minimum absolute atomic E-state index is 0.101. The van der Waals surface area contributed by atoms with E-state index in [1.807, 2.05) is 18.2 Å². The maximum Gasteiger partial charge on any atom is 0.306 e. The van der Waals surface area contributed by atoms with Gasteiger partial charge in [0.1, 0.15) is 6.61 Å². The van der Waals surface area contributed by atoms with Crippen molar-refractivity contribution >= 4 is 11.9 Å². The molecule has 0 rings (SSSR count). The van der Waals surface area contributed by atoms with Crippen molar-refractivity contribution in [3.05, 3.63) is 48.6 Å². The lowest BCUT2D eigenvalue weighted by atomic mass is 10.0. The molecule has 2 N–H and O–H groups in total. The van der Waals surface area contributed by atoms with Gasteiger partial charge in [-0.2, -0.15) is 0 Å². The summed E-state index contributed by atoms with van der Waals surface area (Å²) in [5.74, 6) is 0.108. The van der Waals surface area contributed by atoms with Gasteiger partial charge in [-0.3, -0.25) is 9.59 Å². The van der Waals surface area contributed by atoms with E-state index in [9.17, 15) is 19.8 Å². The summed E-state index contributed by atoms with van der Waals surface area (Å²) in [4.78, 5) is 24.1. The average Bonchev–Trinajstić information content (AvgIpc) is 2.98. The Labute approximate surface area is 263 Å². The molecule has 0 aliphatic rings. The van der Waals surface area contributed by atoms with Crippen molar-refractivity contribution in [2.75, 3.05) is 13.2 Å². The summed E-state index contributed by atoms with van der Waals surface area (Å²) in [7, 11) is 0. The van der Waals surface area contributed by atoms with E-state index < -0.39 is 6.10 Å². The first-order chi connectivity index (χ1) is 20.9. The van der Waals surface area contributed by atoms with Gasteiger partial charge in [0.15, 0.2) is 6.10 Å². The van der Waals surface area contributed by atoms with Crippen LogP contribution in [0.5, 0.6) is 0 Å². The van der Waals surface area contributed by atoms with E-state index in [4.69, 9.17) is 9.47 Å². The Balaban J connectivity index is 3.78. The van der Waals surface area contributed by atoms with Crippen molar-refractivity contribution in [1.29, 1.82) is 0 Å². The number of esters is 2. The van der Waals surface area contributed by atoms with Crippen molar-refractivity contribution in [2.24, 2.45) is 5.92 Å². The van der Waals surface area contributed by atoms with Crippen LogP contribution in [0.4, 0.5) is 0 Å². The Bertz CT molecular complexity index is 767. The number of hydrogen-bond acceptors (Lipinski definition) is 6. The Hall–Kier alpha value is -2.18. The number of aliphatic hydroxyl groups excluding tert-OH is 2. The van der Waals surface area contributed by atoms with Gasteiger partial charge in [0.25, 0.3) is 0 Å². The lowest BCUT2D eigenvalue weighted by Gasteiger charge is -2.15. The van der Waals surface area contributed by atoms with Crippen LogP contribution in [0.2, 0.25) is 0 Å². The van der Waals surface area contributed by atoms with Gasteiger partial charge >= 0.3 is 11.9 Å². The standard InChI is InChI=1S/C37H64O6/c1-4-5-21-27-34(39)28-23-18-14-9-7-6-8-10-16-20-25-30-37(41)43-35(31-38)32-42-36(40)29-24-19-15-12-11-13-17-22-26-33(2)3/h6-7,10,14,16,18,23,28,33-35,38-39H,4-5,8-9,11-13,15,17,19-22,24-27,29-32H2,1-3H3/b7-6-,16-10-,18-14-,28-23+/t34-,35-/m0/s1. The zero-order valence-electron chi connectivity index (χ0n) is 27.7. The normalized spacial score (nSPS) is 13.6. The molecule has 2 atom stereocenters. The Morgan fingerprint density at radius 1 is 0.698 bits per heavy atom. The molecule has 6 nitrogen and oxygen atoms in total. The van der Waals surface area contributed by atoms with E-state index in [-0.39, 0.29) is 37.7 Å². The summed E-state index contributed by atoms with van der Waals surface area (Å²) in [6, 6.07) is 0. The first kappa shape index (κ1) is 40.8. The van der Waals surface area contributed by atoms with Crippen molar-refractivity contribution < 1.29 is 29.3 Å². The topological polar surface area (TPSA) is 93.1 Å². The Kier molecular flexibility index (Phi) is 29.7. The molecular weight excluding hydrogens is 540 g/mol. The maximum absolute atomic E-state index is 12.1. The number of unbranched alkanes of at least 4 members (excludes halogenated alkanes) is 10. The molecule has 0 aromatic heterocycles. The van der Waals surface area contributed by atoms with Crippen LogP contribution in [0.3, 0.4) is 0 Å². The molecule has 0 aromatic rings. The van der Waals surface area contributed by atoms with Crippen molar-refractivity contribution in [3.8, 4) is 0 Å². The van der Waals surface area contributed by atoms with Gasteiger partial charge in [-0.15, -0.1) is 0 Å². The molecule has 0 bridgehead atoms. The van der Waals surface area contributed by atoms with E-state index in [2.05, 4.69) is 51.2 Å². The zero-order chi connectivity index (χ0) is 31.8. The second-order valence-electron chi connectivity index (χ2n) is 11.9. The second kappa shape index (κ2) is 31.3. The first-order valence-electron chi connectivity index (χ1n) is 17.2. The molecular formula is C37H64O6. The van der Waals surface area contributed by atoms with Gasteiger partial charge in [-0.05, 0) is 44.4 Å². The van der Waals surface area contributed by atoms with Crippen LogP contribution in [0, 0.1) is 5.92 Å². The SMILES string of the molecule is CCCCC[C@H](O)/C=C/C=C\C/C=C\C/C=C\CCCC(=O)O[C@@H](CO)COC(=O)CCCCCCCCCCC(C)C. The largest absolute Gasteiger partial charge is 0.462 e. The minimum atomic E-state index is -0.812. The van der Waals surface area contributed by atoms with Crippen LogP contribution in [0.15, 0.2) is 48.6 Å². The highest BCUT2D eigenvalue weighted by Gasteiger charge is 2.15. The van der Waals surface area contributed by atoms with Crippen LogP contribution in [0.25, 0.3) is 0 Å². The Morgan fingerprint density at radius 2 is 1.30 bits per heavy atom. The van der Waals surface area contributed by atoms with Crippen molar-refractivity contribution in [2.45, 2.75) is 155 Å². The van der Waals surface area contributed by atoms with Crippen LogP contribution in [-0.2, 0) is 19.1 Å². The van der Waals surface area contributed by atoms with Crippen molar-refractivity contribution in [1.82, 2.24) is 0 Å². The summed E-state index contributed by atoms with van der Waals surface area (Å²) in [5, 5.41) is 19.3. The number of carbonyl (C=O) groups excluding carboxylic acids is 2. The molecule has 0 amide bonds. The summed E-state index contributed by atoms with van der Waals surface area (Å²) >= 11 is 0. The fourth-order valence-electron chi connectivity index (χ4n) is 4.49. The lowest BCUT2D eigenvalue weighted by Crippen LogP contribution is -2.28. The first-order valence-corrected chi connectivity index (χ1v) is 17.2. The van der Waals surface area contributed by atoms with Crippen LogP contribution >= 0.6 is 0 Å². The molecule has 43 heavy (non-hydrogen) atoms. The molecule has 0 radical (unpaired) electrons. The van der Waals surface area contributed by atoms with Crippen LogP contribution in [-0.4, -0.2) is 47.6 Å². The van der Waals surface area contributed by atoms with Gasteiger partial charge in [0.2, 0.25) is 0 Å². The van der Waals surface area contributed by atoms with Crippen molar-refractivity contribution in [3.63, 3.8) is 0 Å². The van der Waals surface area contributed by atoms with Gasteiger partial charge < -0.3 is 19.7 Å². The third kappa shape index (κ3) is 31.1. The summed E-state index contributed by atoms with van der Waals surface area (Å²) in [6.45, 7) is 6.24. The smallest absolute Gasteiger partial charge is 0.306 e. The van der Waals surface area contributed by atoms with E-state index in [0.717, 1.165) is 63.7 Å². The van der Waals surface area contributed by atoms with Gasteiger partial charge in [0.05, 0.1) is 12.7 Å². The lowest BCUT2D eigenvalue weighted by molar-refractivity contribution is -0.161. The second-order valence-corrected chi connectivity index (χ2v) is 11.9. The van der Waals surface area contributed by atoms with Gasteiger partial charge in [-0.1, -0.05) is 140 Å². The highest BCUT2D eigenvalue weighted by molar-refractivity contribution is 5.70. The predicted octanol–water partition coefficient (Wildman–Crippen LogP) is 9.11. The molecule has 0 aliphatic carbocycles. The van der Waals surface area contributed by atoms with E-state index >= 15 is 0 Å². The van der Waals surface area contributed by atoms with Crippen LogP contribution in [0.1, 0.15) is 143 Å². The molecule has 6 heteroatoms. The fourth-order valence-corrected chi connectivity index (χ4v) is 4.49. The van der Waals surface area contributed by atoms with Gasteiger partial charge in [0, 0.05) is 12.8 Å². The number of aliphatic hydroxyl groups is 2. The molecule has 0 saturated heterocycles. The third-order valence-corrected chi connectivity index (χ3v) is 7.16. The molecule has 0 saturated carbocycles. The third-order valence-electron chi connectivity index (χ3n) is 7.16. The van der Waals surface area contributed by atoms with E-state index in [0.29, 0.717) is 12.8 Å². The number of hydrogen-bond donors (Lipinski definition) is 2. The van der Waals surface area contributed by atoms with Crippen LogP contribution < -0.4 is 0 Å². The maximum atomic E-state index is 12.1. The Morgan fingerprint density at radius 3 is 1.98 bits per heavy atom. The molecule has 0 fully saturated rings. The average molecular weight is 605 g/mol. The van der Waals surface area contributed by atoms with E-state index in [1.165, 1.54) is 44.9 Å². The summed E-state index contributed by atoms with van der Waals surface area (Å²) in [5.41, 5.74) is 0. The zero-order valence-corrected chi connectivity index (χ0v) is 27.7.